The molecule has 0 aliphatic rings. The largest absolute Gasteiger partial charge is 0.491 e. The van der Waals surface area contributed by atoms with Crippen LogP contribution in [0.1, 0.15) is 5.56 Å². The lowest BCUT2D eigenvalue weighted by Crippen LogP contribution is -2.35. The quantitative estimate of drug-likeness (QED) is 0.755. The van der Waals surface area contributed by atoms with Gasteiger partial charge in [0, 0.05) is 18.1 Å². The zero-order chi connectivity index (χ0) is 16.5. The number of hydrogen-bond acceptors (Lipinski definition) is 3. The van der Waals surface area contributed by atoms with Crippen molar-refractivity contribution in [1.82, 2.24) is 4.90 Å². The van der Waals surface area contributed by atoms with Crippen molar-refractivity contribution < 1.29 is 9.84 Å². The van der Waals surface area contributed by atoms with Crippen LogP contribution < -0.4 is 4.74 Å². The third-order valence-corrected chi connectivity index (χ3v) is 3.54. The monoisotopic (exact) mass is 329 g/mol. The van der Waals surface area contributed by atoms with E-state index in [-0.39, 0.29) is 6.61 Å². The molecule has 0 heterocycles. The van der Waals surface area contributed by atoms with Crippen molar-refractivity contribution in [3.63, 3.8) is 0 Å². The Labute approximate surface area is 142 Å². The predicted octanol–water partition coefficient (Wildman–Crippen LogP) is 3.22. The molecule has 1 atom stereocenters. The van der Waals surface area contributed by atoms with E-state index in [1.165, 1.54) is 0 Å². The molecule has 0 aromatic heterocycles. The highest BCUT2D eigenvalue weighted by Gasteiger charge is 2.12. The van der Waals surface area contributed by atoms with Crippen LogP contribution in [0.2, 0.25) is 5.02 Å². The van der Waals surface area contributed by atoms with Gasteiger partial charge in [-0.15, -0.1) is 6.42 Å². The summed E-state index contributed by atoms with van der Waals surface area (Å²) in [4.78, 5) is 2.02. The molecule has 2 aromatic carbocycles. The van der Waals surface area contributed by atoms with Gasteiger partial charge in [0.25, 0.3) is 0 Å². The van der Waals surface area contributed by atoms with Crippen LogP contribution >= 0.6 is 11.6 Å². The SMILES string of the molecule is C#CCN(Cc1ccccc1)CC(O)COc1ccc(Cl)cc1. The average molecular weight is 330 g/mol. The van der Waals surface area contributed by atoms with Crippen LogP contribution in [0.15, 0.2) is 54.6 Å². The summed E-state index contributed by atoms with van der Waals surface area (Å²) in [5.74, 6) is 3.31. The summed E-state index contributed by atoms with van der Waals surface area (Å²) in [5.41, 5.74) is 1.16. The highest BCUT2D eigenvalue weighted by molar-refractivity contribution is 6.30. The van der Waals surface area contributed by atoms with E-state index >= 15 is 0 Å². The summed E-state index contributed by atoms with van der Waals surface area (Å²) < 4.78 is 5.57. The van der Waals surface area contributed by atoms with Gasteiger partial charge in [-0.05, 0) is 29.8 Å². The van der Waals surface area contributed by atoms with Crippen LogP contribution in [0.3, 0.4) is 0 Å². The second kappa shape index (κ2) is 9.22. The second-order valence-corrected chi connectivity index (χ2v) is 5.71. The maximum absolute atomic E-state index is 10.2. The first kappa shape index (κ1) is 17.4. The molecule has 0 saturated heterocycles. The molecular weight excluding hydrogens is 310 g/mol. The lowest BCUT2D eigenvalue weighted by atomic mass is 10.2. The summed E-state index contributed by atoms with van der Waals surface area (Å²) in [7, 11) is 0. The molecule has 3 nitrogen and oxygen atoms in total. The normalized spacial score (nSPS) is 11.9. The van der Waals surface area contributed by atoms with E-state index in [4.69, 9.17) is 22.8 Å². The first-order valence-corrected chi connectivity index (χ1v) is 7.81. The van der Waals surface area contributed by atoms with E-state index < -0.39 is 6.10 Å². The van der Waals surface area contributed by atoms with E-state index in [1.54, 1.807) is 24.3 Å². The molecule has 0 aliphatic carbocycles. The molecule has 1 N–H and O–H groups in total. The third-order valence-electron chi connectivity index (χ3n) is 3.29. The number of rotatable bonds is 8. The number of aliphatic hydroxyl groups excluding tert-OH is 1. The van der Waals surface area contributed by atoms with Gasteiger partial charge in [-0.1, -0.05) is 47.9 Å². The Balaban J connectivity index is 1.84. The Bertz CT molecular complexity index is 622. The molecule has 1 unspecified atom stereocenters. The van der Waals surface area contributed by atoms with Gasteiger partial charge in [0.05, 0.1) is 6.54 Å². The number of ether oxygens (including phenoxy) is 1. The molecular formula is C19H20ClNO2. The molecule has 0 spiro atoms. The molecule has 2 rings (SSSR count). The fraction of sp³-hybridized carbons (Fsp3) is 0.263. The van der Waals surface area contributed by atoms with Crippen molar-refractivity contribution in [2.75, 3.05) is 19.7 Å². The molecule has 2 aromatic rings. The number of aliphatic hydroxyl groups is 1. The molecule has 0 saturated carbocycles. The van der Waals surface area contributed by atoms with Crippen LogP contribution in [0.5, 0.6) is 5.75 Å². The van der Waals surface area contributed by atoms with E-state index in [1.807, 2.05) is 35.2 Å². The number of benzene rings is 2. The minimum Gasteiger partial charge on any atom is -0.491 e. The Kier molecular flexibility index (Phi) is 6.96. The van der Waals surface area contributed by atoms with Crippen molar-refractivity contribution in [2.24, 2.45) is 0 Å². The van der Waals surface area contributed by atoms with Crippen LogP contribution in [-0.2, 0) is 6.54 Å². The van der Waals surface area contributed by atoms with Gasteiger partial charge in [-0.25, -0.2) is 0 Å². The summed E-state index contributed by atoms with van der Waals surface area (Å²) in [6, 6.07) is 17.1. The third kappa shape index (κ3) is 6.33. The summed E-state index contributed by atoms with van der Waals surface area (Å²) >= 11 is 5.82. The van der Waals surface area contributed by atoms with Gasteiger partial charge in [0.2, 0.25) is 0 Å². The number of hydrogen-bond donors (Lipinski definition) is 1. The van der Waals surface area contributed by atoms with Gasteiger partial charge < -0.3 is 9.84 Å². The van der Waals surface area contributed by atoms with Gasteiger partial charge in [0.15, 0.2) is 0 Å². The molecule has 4 heteroatoms. The Morgan fingerprint density at radius 3 is 2.48 bits per heavy atom. The maximum atomic E-state index is 10.2. The van der Waals surface area contributed by atoms with Crippen molar-refractivity contribution in [3.8, 4) is 18.1 Å². The molecule has 23 heavy (non-hydrogen) atoms. The van der Waals surface area contributed by atoms with Crippen LogP contribution in [-0.4, -0.2) is 35.8 Å². The number of halogens is 1. The maximum Gasteiger partial charge on any atom is 0.119 e. The van der Waals surface area contributed by atoms with Crippen LogP contribution in [0.25, 0.3) is 0 Å². The Morgan fingerprint density at radius 1 is 1.13 bits per heavy atom. The minimum absolute atomic E-state index is 0.206. The smallest absolute Gasteiger partial charge is 0.119 e. The summed E-state index contributed by atoms with van der Waals surface area (Å²) in [6.07, 6.45) is 4.80. The van der Waals surface area contributed by atoms with Gasteiger partial charge >= 0.3 is 0 Å². The Morgan fingerprint density at radius 2 is 1.83 bits per heavy atom. The molecule has 0 fully saturated rings. The van der Waals surface area contributed by atoms with Crippen molar-refractivity contribution in [3.05, 3.63) is 65.2 Å². The Hall–Kier alpha value is -1.99. The lowest BCUT2D eigenvalue weighted by molar-refractivity contribution is 0.0703. The van der Waals surface area contributed by atoms with Gasteiger partial charge in [-0.2, -0.15) is 0 Å². The second-order valence-electron chi connectivity index (χ2n) is 5.28. The minimum atomic E-state index is -0.622. The van der Waals surface area contributed by atoms with Crippen LogP contribution in [0, 0.1) is 12.3 Å². The molecule has 0 aliphatic heterocycles. The predicted molar refractivity (Wildman–Crippen MR) is 93.5 cm³/mol. The first-order chi connectivity index (χ1) is 11.2. The molecule has 0 radical (unpaired) electrons. The fourth-order valence-electron chi connectivity index (χ4n) is 2.23. The molecule has 120 valence electrons. The van der Waals surface area contributed by atoms with Gasteiger partial charge in [0.1, 0.15) is 18.5 Å². The van der Waals surface area contributed by atoms with Gasteiger partial charge in [-0.3, -0.25) is 4.90 Å². The zero-order valence-corrected chi connectivity index (χ0v) is 13.6. The zero-order valence-electron chi connectivity index (χ0n) is 12.9. The van der Waals surface area contributed by atoms with E-state index in [0.29, 0.717) is 30.4 Å². The van der Waals surface area contributed by atoms with E-state index in [2.05, 4.69) is 5.92 Å². The summed E-state index contributed by atoms with van der Waals surface area (Å²) in [5, 5.41) is 10.8. The molecule has 0 bridgehead atoms. The van der Waals surface area contributed by atoms with Crippen molar-refractivity contribution in [2.45, 2.75) is 12.6 Å². The number of nitrogens with zero attached hydrogens (tertiary/aromatic N) is 1. The topological polar surface area (TPSA) is 32.7 Å². The highest BCUT2D eigenvalue weighted by Crippen LogP contribution is 2.15. The highest BCUT2D eigenvalue weighted by atomic mass is 35.5. The number of terminal acetylenes is 1. The summed E-state index contributed by atoms with van der Waals surface area (Å²) in [6.45, 7) is 1.83. The van der Waals surface area contributed by atoms with Crippen LogP contribution in [0.4, 0.5) is 0 Å². The molecule has 0 amide bonds. The van der Waals surface area contributed by atoms with E-state index in [9.17, 15) is 5.11 Å². The fourth-order valence-corrected chi connectivity index (χ4v) is 2.36. The lowest BCUT2D eigenvalue weighted by Gasteiger charge is -2.23. The van der Waals surface area contributed by atoms with Crippen molar-refractivity contribution in [1.29, 1.82) is 0 Å². The first-order valence-electron chi connectivity index (χ1n) is 7.43. The van der Waals surface area contributed by atoms with E-state index in [0.717, 1.165) is 5.56 Å². The average Bonchev–Trinajstić information content (AvgIpc) is 2.55. The standard InChI is InChI=1S/C19H20ClNO2/c1-2-12-21(13-16-6-4-3-5-7-16)14-18(22)15-23-19-10-8-17(20)9-11-19/h1,3-11,18,22H,12-15H2. The van der Waals surface area contributed by atoms with Crippen molar-refractivity contribution >= 4 is 11.6 Å².